The fourth-order valence-electron chi connectivity index (χ4n) is 16.9. The zero-order valence-corrected chi connectivity index (χ0v) is 86.3. The molecular weight excluding hydrogens is 2130 g/mol. The maximum Gasteiger partial charge on any atom is 0.472 e. The third-order valence-corrected chi connectivity index (χ3v) is 30.5. The van der Waals surface area contributed by atoms with Crippen LogP contribution in [-0.2, 0) is 158 Å². The predicted molar refractivity (Wildman–Crippen MR) is 510 cm³/mol. The van der Waals surface area contributed by atoms with Gasteiger partial charge in [0.25, 0.3) is 22.2 Å². The van der Waals surface area contributed by atoms with Crippen molar-refractivity contribution in [1.29, 1.82) is 0 Å². The van der Waals surface area contributed by atoms with Gasteiger partial charge in [-0.3, -0.25) is 98.2 Å². The Balaban J connectivity index is 0.723. The van der Waals surface area contributed by atoms with Gasteiger partial charge >= 0.3 is 52.9 Å². The van der Waals surface area contributed by atoms with Gasteiger partial charge in [0.1, 0.15) is 115 Å². The minimum Gasteiger partial charge on any atom is -0.387 e. The van der Waals surface area contributed by atoms with Gasteiger partial charge in [-0.25, -0.2) is 53.0 Å². The molecule has 15 heterocycles. The van der Waals surface area contributed by atoms with Gasteiger partial charge in [0, 0.05) is 77.3 Å². The molecule has 6 aliphatic rings. The summed E-state index contributed by atoms with van der Waals surface area (Å²) in [6.45, 7) is -16.1. The van der Waals surface area contributed by atoms with E-state index in [0.29, 0.717) is 5.56 Å². The van der Waals surface area contributed by atoms with Crippen LogP contribution in [0.5, 0.6) is 0 Å². The number of hydrogen-bond donors (Lipinski definition) is 14. The van der Waals surface area contributed by atoms with Crippen LogP contribution in [0, 0.1) is 20.8 Å². The van der Waals surface area contributed by atoms with Crippen molar-refractivity contribution >= 4 is 129 Å². The van der Waals surface area contributed by atoms with E-state index < -0.39 is 269 Å². The monoisotopic (exact) mass is 2240 g/mol. The van der Waals surface area contributed by atoms with Crippen LogP contribution in [-0.4, -0.2) is 350 Å². The Morgan fingerprint density at radius 1 is 0.408 bits per heavy atom. The van der Waals surface area contributed by atoms with Gasteiger partial charge in [-0.15, -0.1) is 0 Å². The van der Waals surface area contributed by atoms with Crippen LogP contribution in [0.2, 0.25) is 0 Å². The smallest absolute Gasteiger partial charge is 0.387 e. The first-order valence-corrected chi connectivity index (χ1v) is 55.6. The molecule has 17 N–H and O–H groups in total. The molecular formula is C76H109N22O41P5S3. The van der Waals surface area contributed by atoms with Crippen LogP contribution in [0.4, 0.5) is 23.5 Å². The van der Waals surface area contributed by atoms with Crippen LogP contribution in [0.15, 0.2) is 77.5 Å². The lowest BCUT2D eigenvalue weighted by Crippen LogP contribution is -2.42. The first-order chi connectivity index (χ1) is 70.0. The van der Waals surface area contributed by atoms with Crippen molar-refractivity contribution in [2.45, 2.75) is 182 Å². The highest BCUT2D eigenvalue weighted by Gasteiger charge is 2.59. The molecule has 0 saturated carbocycles. The molecule has 6 aliphatic heterocycles. The summed E-state index contributed by atoms with van der Waals surface area (Å²) in [7, 11) is -5.20. The Kier molecular flexibility index (Phi) is 37.2. The first-order valence-electron chi connectivity index (χ1n) is 44.8. The lowest BCUT2D eigenvalue weighted by molar-refractivity contribution is -0.0838. The second-order valence-corrected chi connectivity index (χ2v) is 44.8. The number of thiol groups is 1. The molecule has 812 valence electrons. The van der Waals surface area contributed by atoms with E-state index >= 15 is 13.7 Å². The first kappa shape index (κ1) is 113. The molecule has 0 spiro atoms. The summed E-state index contributed by atoms with van der Waals surface area (Å²) < 4.78 is 210. The second-order valence-electron chi connectivity index (χ2n) is 33.6. The number of hydrogen-bond acceptors (Lipinski definition) is 51. The number of H-pyrrole nitrogens is 4. The number of fused-ring (bicyclic) bond motifs is 3. The number of aliphatic hydroxyl groups is 1. The van der Waals surface area contributed by atoms with E-state index in [1.54, 1.807) is 13.8 Å². The molecule has 0 radical (unpaired) electrons. The number of aliphatic hydroxyl groups excluding tert-OH is 1. The highest BCUT2D eigenvalue weighted by Crippen LogP contribution is 2.60. The minimum atomic E-state index is -5.99. The summed E-state index contributed by atoms with van der Waals surface area (Å²) in [4.78, 5) is 185. The van der Waals surface area contributed by atoms with E-state index in [9.17, 15) is 58.2 Å². The number of phosphoric acid groups is 2. The molecule has 0 amide bonds. The average Bonchev–Trinajstić information content (AvgIpc) is 1.60. The number of nitrogens with two attached hydrogens (primary N) is 4. The van der Waals surface area contributed by atoms with Crippen molar-refractivity contribution in [3.05, 3.63) is 133 Å². The number of aromatic amines is 4. The molecule has 6 saturated heterocycles. The van der Waals surface area contributed by atoms with Crippen molar-refractivity contribution in [3.8, 4) is 0 Å². The van der Waals surface area contributed by atoms with Gasteiger partial charge in [-0.1, -0.05) is 19.2 Å². The predicted octanol–water partition coefficient (Wildman–Crippen LogP) is -1.91. The molecule has 11 unspecified atom stereocenters. The molecule has 9 aromatic heterocycles. The Morgan fingerprint density at radius 2 is 0.789 bits per heavy atom. The second kappa shape index (κ2) is 48.4. The normalized spacial score (nSPS) is 29.0. The van der Waals surface area contributed by atoms with Crippen LogP contribution in [0.1, 0.15) is 73.8 Å². The molecule has 0 aromatic carbocycles. The van der Waals surface area contributed by atoms with Crippen LogP contribution >= 0.6 is 48.1 Å². The summed E-state index contributed by atoms with van der Waals surface area (Å²) in [5, 5.41) is 11.8. The van der Waals surface area contributed by atoms with E-state index in [1.165, 1.54) is 77.4 Å². The Morgan fingerprint density at radius 3 is 1.26 bits per heavy atom. The molecule has 0 aliphatic carbocycles. The molecule has 6 fully saturated rings. The Bertz CT molecular complexity index is 6840. The number of imidazole rings is 3. The van der Waals surface area contributed by atoms with Crippen molar-refractivity contribution in [1.82, 2.24) is 87.2 Å². The molecule has 71 heteroatoms. The topological polar surface area (TPSA) is 812 Å². The number of nitrogens with zero attached hydrogens (tertiary/aromatic N) is 14. The number of rotatable bonds is 52. The van der Waals surface area contributed by atoms with Gasteiger partial charge in [0.2, 0.25) is 11.9 Å². The number of aryl methyl sites for hydroxylation is 3. The summed E-state index contributed by atoms with van der Waals surface area (Å²) >= 11 is 15.7. The average molecular weight is 2240 g/mol. The van der Waals surface area contributed by atoms with Crippen LogP contribution < -0.4 is 62.2 Å². The lowest BCUT2D eigenvalue weighted by atomic mass is 10.1. The maximum atomic E-state index is 15.7. The van der Waals surface area contributed by atoms with E-state index in [1.807, 2.05) is 0 Å². The third-order valence-electron chi connectivity index (χ3n) is 23.8. The van der Waals surface area contributed by atoms with Crippen molar-refractivity contribution < 1.29 is 159 Å². The number of aromatic nitrogens is 18. The number of nitrogens with one attached hydrogen (secondary N) is 4. The van der Waals surface area contributed by atoms with Gasteiger partial charge in [-0.05, 0) is 50.8 Å². The Labute approximate surface area is 843 Å². The highest BCUT2D eigenvalue weighted by atomic mass is 32.7. The molecule has 9 aromatic rings. The fourth-order valence-corrected chi connectivity index (χ4v) is 23.2. The number of ether oxygens (including phenoxy) is 16. The lowest BCUT2D eigenvalue weighted by Gasteiger charge is -2.30. The quantitative estimate of drug-likeness (QED) is 0.0112. The van der Waals surface area contributed by atoms with Crippen LogP contribution in [0.3, 0.4) is 0 Å². The summed E-state index contributed by atoms with van der Waals surface area (Å²) in [5.41, 5.74) is 17.6. The molecule has 0 bridgehead atoms. The SMILES string of the molecule is CC[C@H]1O[C@@H](n2cnc3c(=O)[nH]c(N)nc32)CC1OP(O)(=S)OC[C@H]1O[C@@H](n2cc(C)c(=O)[nH]c2=O)[C@@H](OCCOC)C1OP(=O)(O)OC[C@H]1O[C@@H](n2cnc3c(=O)[nH]c(N)nc32)[C@@H](OCCOC)C1OP(=O)(O)OC[C@H]1O[C@@H](n2cc(C)c(=O)[nH]c2=O)[C@@H](OCCOC)C1OP(=O)(S)OC[C@H]1O[C@@H](n2cnc3c(N)ncnc32)[C@@H](OCCOC)C1OP(O)(=S)OC[C@H]1O[C@@H](n2cc(C)c(N)nc2=O)[C@@H](OCCOC)C1O. The zero-order valence-electron chi connectivity index (χ0n) is 79.3. The third kappa shape index (κ3) is 26.3. The Hall–Kier alpha value is -8.21. The van der Waals surface area contributed by atoms with Gasteiger partial charge in [-0.2, -0.15) is 15.0 Å². The van der Waals surface area contributed by atoms with E-state index in [2.05, 4.69) is 72.1 Å². The molecule has 28 atom stereocenters. The van der Waals surface area contributed by atoms with Gasteiger partial charge in [0.15, 0.2) is 64.9 Å². The minimum absolute atomic E-state index is 0.0368. The number of methoxy groups -OCH3 is 5. The van der Waals surface area contributed by atoms with Crippen molar-refractivity contribution in [2.24, 2.45) is 0 Å². The standard InChI is InChI=1S/C76H109N22O41P5S3/c1-10-37-38(21-44(129-37)96-31-84-46-61(96)87-72(79)89-65(46)102)135-142(111,145)127-28-42-50(54(120-17-12-115-6)68(132-42)94-23-35(3)63(100)91-75(94)105)137-140(107,108)124-26-40-49(55(121-18-13-116-7)71(133-40)98-33-85-47-62(98)88-73(80)90-66(47)103)136-141(109,110)125-27-41-51(56(122-19-14-117-8)69(131-41)95-24-36(4)64(101)92-76(95)106)138-144(113,147)128-29-43-52(57(123-20-15-118-9)70(134-43)97-32-83-45-59(78)81-30-82-60(45)97)139-143(112,146)126-25-39-48(99)53(119-16-11-114-5)67(130-39)93-22-34(2)58(77)86-74(93)104/h22-24,30-33,37-44,48-57,67-71,99H,10-21,25-29H2,1-9H3,(H,107,108)(H,109,110)(H,111,145)(H,112,146)(H,113,147)(H2,77,86,104)(H2,78,81,82)(H,91,100,105)(H,92,101,106)(H3,79,87,89,102)(H3,80,88,90,103)/t37-,38?,39-,40-,41-,42-,43-,44-,48?,49?,50?,51?,52?,53+,54+,55+,56+,57+,67-,68-,69-,70-,71-,142?,143?,144?/m1/s1. The largest absolute Gasteiger partial charge is 0.472 e. The highest BCUT2D eigenvalue weighted by molar-refractivity contribution is 8.44. The van der Waals surface area contributed by atoms with E-state index in [4.69, 9.17) is 168 Å². The van der Waals surface area contributed by atoms with E-state index in [-0.39, 0.29) is 128 Å². The van der Waals surface area contributed by atoms with Gasteiger partial charge < -0.3 is 137 Å². The summed E-state index contributed by atoms with van der Waals surface area (Å²) in [6.07, 6.45) is -29.1. The summed E-state index contributed by atoms with van der Waals surface area (Å²) in [5.74, 6) is -0.835. The number of nitrogen functional groups attached to an aromatic ring is 4. The summed E-state index contributed by atoms with van der Waals surface area (Å²) in [6, 6.07) is 0. The maximum absolute atomic E-state index is 15.7. The van der Waals surface area contributed by atoms with Crippen molar-refractivity contribution in [2.75, 3.05) is 158 Å². The zero-order chi connectivity index (χ0) is 106. The van der Waals surface area contributed by atoms with E-state index in [0.717, 1.165) is 43.3 Å². The fraction of sp³-hybridized carbons (Fsp3) is 0.645. The number of anilines is 4. The van der Waals surface area contributed by atoms with Gasteiger partial charge in [0.05, 0.1) is 130 Å². The molecule has 147 heavy (non-hydrogen) atoms. The number of phosphoric ester groups is 2. The molecule has 15 rings (SSSR count). The van der Waals surface area contributed by atoms with Crippen LogP contribution in [0.25, 0.3) is 33.5 Å². The van der Waals surface area contributed by atoms with Crippen molar-refractivity contribution in [3.63, 3.8) is 0 Å². The molecule has 63 nitrogen and oxygen atoms in total.